The highest BCUT2D eigenvalue weighted by Crippen LogP contribution is 2.14. The molecule has 1 aromatic carbocycles. The van der Waals surface area contributed by atoms with Crippen molar-refractivity contribution in [2.45, 2.75) is 44.9 Å². The Kier molecular flexibility index (Phi) is 6.53. The van der Waals surface area contributed by atoms with E-state index in [1.807, 2.05) is 0 Å². The van der Waals surface area contributed by atoms with E-state index in [0.717, 1.165) is 5.56 Å². The zero-order valence-corrected chi connectivity index (χ0v) is 13.6. The van der Waals surface area contributed by atoms with Crippen LogP contribution < -0.4 is 11.1 Å². The number of amides is 1. The van der Waals surface area contributed by atoms with Crippen LogP contribution in [0.3, 0.4) is 0 Å². The maximum Gasteiger partial charge on any atom is 0.329 e. The summed E-state index contributed by atoms with van der Waals surface area (Å²) in [6, 6.07) is 4.21. The molecular formula is C16H24N2O5. The van der Waals surface area contributed by atoms with Crippen molar-refractivity contribution in [3.8, 4) is 5.75 Å². The lowest BCUT2D eigenvalue weighted by atomic mass is 10.0. The first-order chi connectivity index (χ1) is 10.6. The minimum absolute atomic E-state index is 0.105. The van der Waals surface area contributed by atoms with Gasteiger partial charge in [0.2, 0.25) is 5.91 Å². The lowest BCUT2D eigenvalue weighted by Crippen LogP contribution is -2.51. The van der Waals surface area contributed by atoms with E-state index in [9.17, 15) is 14.7 Å². The number of carbonyl (C=O) groups excluding carboxylic acids is 2. The van der Waals surface area contributed by atoms with Crippen LogP contribution in [0.15, 0.2) is 24.3 Å². The van der Waals surface area contributed by atoms with E-state index < -0.39 is 36.2 Å². The Bertz CT molecular complexity index is 536. The average molecular weight is 324 g/mol. The number of rotatable bonds is 6. The first kappa shape index (κ1) is 18.9. The zero-order valence-electron chi connectivity index (χ0n) is 13.6. The Morgan fingerprint density at radius 2 is 1.83 bits per heavy atom. The number of phenols is 1. The van der Waals surface area contributed by atoms with Gasteiger partial charge in [-0.15, -0.1) is 0 Å². The van der Waals surface area contributed by atoms with Gasteiger partial charge in [0.05, 0.1) is 6.61 Å². The van der Waals surface area contributed by atoms with E-state index in [4.69, 9.17) is 15.6 Å². The molecule has 128 valence electrons. The van der Waals surface area contributed by atoms with E-state index >= 15 is 0 Å². The molecule has 23 heavy (non-hydrogen) atoms. The van der Waals surface area contributed by atoms with Gasteiger partial charge in [-0.25, -0.2) is 4.79 Å². The van der Waals surface area contributed by atoms with E-state index in [1.165, 1.54) is 12.1 Å². The van der Waals surface area contributed by atoms with Crippen LogP contribution in [0.1, 0.15) is 26.3 Å². The van der Waals surface area contributed by atoms with Gasteiger partial charge in [0, 0.05) is 6.42 Å². The molecule has 0 aliphatic rings. The van der Waals surface area contributed by atoms with Crippen LogP contribution in [0, 0.1) is 0 Å². The SMILES string of the molecule is CC(C)(C)OC(=O)[C@H](Cc1ccc(O)cc1)NC(=O)[C@@H](N)CO. The lowest BCUT2D eigenvalue weighted by molar-refractivity contribution is -0.158. The average Bonchev–Trinajstić information content (AvgIpc) is 2.46. The molecule has 7 heteroatoms. The van der Waals surface area contributed by atoms with E-state index in [0.29, 0.717) is 0 Å². The number of ether oxygens (including phenoxy) is 1. The summed E-state index contributed by atoms with van der Waals surface area (Å²) in [5.41, 5.74) is 5.49. The van der Waals surface area contributed by atoms with Crippen LogP contribution in [0.4, 0.5) is 0 Å². The molecule has 0 radical (unpaired) electrons. The molecule has 5 N–H and O–H groups in total. The Morgan fingerprint density at radius 3 is 2.30 bits per heavy atom. The van der Waals surface area contributed by atoms with Gasteiger partial charge in [-0.2, -0.15) is 0 Å². The van der Waals surface area contributed by atoms with Gasteiger partial charge >= 0.3 is 5.97 Å². The molecule has 2 atom stereocenters. The largest absolute Gasteiger partial charge is 0.508 e. The highest BCUT2D eigenvalue weighted by Gasteiger charge is 2.28. The number of esters is 1. The smallest absolute Gasteiger partial charge is 0.329 e. The van der Waals surface area contributed by atoms with Gasteiger partial charge < -0.3 is 26.0 Å². The van der Waals surface area contributed by atoms with Crippen molar-refractivity contribution in [2.24, 2.45) is 5.73 Å². The van der Waals surface area contributed by atoms with E-state index in [2.05, 4.69) is 5.32 Å². The van der Waals surface area contributed by atoms with Crippen molar-refractivity contribution in [1.82, 2.24) is 5.32 Å². The number of nitrogens with one attached hydrogen (secondary N) is 1. The monoisotopic (exact) mass is 324 g/mol. The number of aromatic hydroxyl groups is 1. The second-order valence-corrected chi connectivity index (χ2v) is 6.25. The van der Waals surface area contributed by atoms with Crippen molar-refractivity contribution < 1.29 is 24.5 Å². The quantitative estimate of drug-likeness (QED) is 0.550. The van der Waals surface area contributed by atoms with Crippen LogP contribution in [0.2, 0.25) is 0 Å². The molecule has 1 amide bonds. The summed E-state index contributed by atoms with van der Waals surface area (Å²) in [6.07, 6.45) is 0.180. The topological polar surface area (TPSA) is 122 Å². The van der Waals surface area contributed by atoms with Gasteiger partial charge in [0.25, 0.3) is 0 Å². The third-order valence-electron chi connectivity index (χ3n) is 2.92. The Balaban J connectivity index is 2.89. The second-order valence-electron chi connectivity index (χ2n) is 6.25. The first-order valence-electron chi connectivity index (χ1n) is 7.30. The molecule has 0 heterocycles. The Labute approximate surface area is 135 Å². The van der Waals surface area contributed by atoms with Crippen molar-refractivity contribution in [3.63, 3.8) is 0 Å². The van der Waals surface area contributed by atoms with E-state index in [1.54, 1.807) is 32.9 Å². The predicted octanol–water partition coefficient (Wildman–Crippen LogP) is 0.0808. The molecule has 0 bridgehead atoms. The standard InChI is InChI=1S/C16H24N2O5/c1-16(2,3)23-15(22)13(18-14(21)12(17)9-19)8-10-4-6-11(20)7-5-10/h4-7,12-13,19-20H,8-9,17H2,1-3H3,(H,18,21)/t12-,13-/m0/s1. The molecule has 0 fully saturated rings. The fraction of sp³-hybridized carbons (Fsp3) is 0.500. The Hall–Kier alpha value is -2.12. The van der Waals surface area contributed by atoms with Gasteiger partial charge in [-0.1, -0.05) is 12.1 Å². The number of hydrogen-bond acceptors (Lipinski definition) is 6. The van der Waals surface area contributed by atoms with Crippen molar-refractivity contribution in [3.05, 3.63) is 29.8 Å². The summed E-state index contributed by atoms with van der Waals surface area (Å²) in [6.45, 7) is 4.66. The van der Waals surface area contributed by atoms with Crippen LogP contribution in [0.25, 0.3) is 0 Å². The van der Waals surface area contributed by atoms with Crippen LogP contribution in [-0.2, 0) is 20.7 Å². The molecule has 0 aliphatic carbocycles. The van der Waals surface area contributed by atoms with Crippen LogP contribution in [-0.4, -0.2) is 46.4 Å². The summed E-state index contributed by atoms with van der Waals surface area (Å²) in [7, 11) is 0. The normalized spacial score (nSPS) is 14.0. The third kappa shape index (κ3) is 6.66. The fourth-order valence-corrected chi connectivity index (χ4v) is 1.80. The maximum absolute atomic E-state index is 12.3. The molecule has 0 spiro atoms. The minimum Gasteiger partial charge on any atom is -0.508 e. The maximum atomic E-state index is 12.3. The summed E-state index contributed by atoms with van der Waals surface area (Å²) >= 11 is 0. The number of hydrogen-bond donors (Lipinski definition) is 4. The second kappa shape index (κ2) is 7.94. The molecular weight excluding hydrogens is 300 g/mol. The Morgan fingerprint density at radius 1 is 1.26 bits per heavy atom. The van der Waals surface area contributed by atoms with Crippen LogP contribution in [0.5, 0.6) is 5.75 Å². The molecule has 0 unspecified atom stereocenters. The highest BCUT2D eigenvalue weighted by molar-refractivity contribution is 5.87. The summed E-state index contributed by atoms with van der Waals surface area (Å²) < 4.78 is 5.30. The van der Waals surface area contributed by atoms with Gasteiger partial charge in [0.1, 0.15) is 23.4 Å². The number of carbonyl (C=O) groups is 2. The molecule has 0 saturated carbocycles. The van der Waals surface area contributed by atoms with E-state index in [-0.39, 0.29) is 12.2 Å². The van der Waals surface area contributed by atoms with Gasteiger partial charge in [-0.05, 0) is 38.5 Å². The highest BCUT2D eigenvalue weighted by atomic mass is 16.6. The van der Waals surface area contributed by atoms with Gasteiger partial charge in [-0.3, -0.25) is 4.79 Å². The van der Waals surface area contributed by atoms with Crippen LogP contribution >= 0.6 is 0 Å². The predicted molar refractivity (Wildman–Crippen MR) is 84.6 cm³/mol. The van der Waals surface area contributed by atoms with Gasteiger partial charge in [0.15, 0.2) is 0 Å². The molecule has 0 saturated heterocycles. The summed E-state index contributed by atoms with van der Waals surface area (Å²) in [5.74, 6) is -1.12. The third-order valence-corrected chi connectivity index (χ3v) is 2.92. The molecule has 1 rings (SSSR count). The molecule has 0 aromatic heterocycles. The molecule has 0 aliphatic heterocycles. The number of nitrogens with two attached hydrogens (primary N) is 1. The minimum atomic E-state index is -1.11. The lowest BCUT2D eigenvalue weighted by Gasteiger charge is -2.25. The molecule has 7 nitrogen and oxygen atoms in total. The zero-order chi connectivity index (χ0) is 17.6. The number of aliphatic hydroxyl groups excluding tert-OH is 1. The molecule has 1 aromatic rings. The van der Waals surface area contributed by atoms with Crippen molar-refractivity contribution >= 4 is 11.9 Å². The number of phenolic OH excluding ortho intramolecular Hbond substituents is 1. The summed E-state index contributed by atoms with van der Waals surface area (Å²) in [4.78, 5) is 24.1. The number of aliphatic hydroxyl groups is 1. The fourth-order valence-electron chi connectivity index (χ4n) is 1.80. The summed E-state index contributed by atoms with van der Waals surface area (Å²) in [5, 5.41) is 20.7. The van der Waals surface area contributed by atoms with Crippen molar-refractivity contribution in [2.75, 3.05) is 6.61 Å². The number of benzene rings is 1. The van der Waals surface area contributed by atoms with Crippen molar-refractivity contribution in [1.29, 1.82) is 0 Å². The first-order valence-corrected chi connectivity index (χ1v) is 7.30.